The van der Waals surface area contributed by atoms with Gasteiger partial charge in [0.05, 0.1) is 10.6 Å². The number of anilines is 1. The van der Waals surface area contributed by atoms with Gasteiger partial charge in [-0.25, -0.2) is 4.79 Å². The monoisotopic (exact) mass is 355 g/mol. The highest BCUT2D eigenvalue weighted by Gasteiger charge is 2.33. The quantitative estimate of drug-likeness (QED) is 0.827. The van der Waals surface area contributed by atoms with Crippen LogP contribution in [0.1, 0.15) is 16.8 Å². The number of amides is 2. The smallest absolute Gasteiger partial charge is 0.320 e. The summed E-state index contributed by atoms with van der Waals surface area (Å²) >= 11 is 5.66. The highest BCUT2D eigenvalue weighted by molar-refractivity contribution is 6.31. The van der Waals surface area contributed by atoms with Gasteiger partial charge in [0.25, 0.3) is 0 Å². The fraction of sp³-hybridized carbons (Fsp3) is 0.250. The summed E-state index contributed by atoms with van der Waals surface area (Å²) in [6, 6.07) is 6.45. The number of fused-ring (bicyclic) bond motifs is 1. The van der Waals surface area contributed by atoms with Crippen LogP contribution in [-0.4, -0.2) is 22.5 Å². The molecule has 2 amide bonds. The van der Waals surface area contributed by atoms with E-state index in [1.165, 1.54) is 6.07 Å². The highest BCUT2D eigenvalue weighted by atomic mass is 35.5. The fourth-order valence-electron chi connectivity index (χ4n) is 2.56. The molecule has 24 heavy (non-hydrogen) atoms. The lowest BCUT2D eigenvalue weighted by molar-refractivity contribution is -0.137. The van der Waals surface area contributed by atoms with Gasteiger partial charge < -0.3 is 10.2 Å². The van der Waals surface area contributed by atoms with Gasteiger partial charge in [0, 0.05) is 37.1 Å². The van der Waals surface area contributed by atoms with Crippen LogP contribution < -0.4 is 5.32 Å². The van der Waals surface area contributed by atoms with Gasteiger partial charge in [0.2, 0.25) is 0 Å². The zero-order valence-corrected chi connectivity index (χ0v) is 13.2. The Hall–Kier alpha value is -2.28. The average Bonchev–Trinajstić information content (AvgIpc) is 2.53. The van der Waals surface area contributed by atoms with E-state index < -0.39 is 16.8 Å². The first-order valence-electron chi connectivity index (χ1n) is 7.20. The Morgan fingerprint density at radius 1 is 1.29 bits per heavy atom. The van der Waals surface area contributed by atoms with E-state index in [1.807, 2.05) is 6.07 Å². The van der Waals surface area contributed by atoms with Crippen molar-refractivity contribution in [2.24, 2.45) is 0 Å². The number of carbonyl (C=O) groups excluding carboxylic acids is 1. The predicted molar refractivity (Wildman–Crippen MR) is 83.8 cm³/mol. The molecule has 2 aromatic rings. The van der Waals surface area contributed by atoms with Crippen molar-refractivity contribution in [3.63, 3.8) is 0 Å². The number of nitrogens with one attached hydrogen (secondary N) is 1. The Balaban J connectivity index is 1.71. The Kier molecular flexibility index (Phi) is 4.36. The molecule has 0 atom stereocenters. The molecule has 1 aromatic heterocycles. The van der Waals surface area contributed by atoms with E-state index >= 15 is 0 Å². The number of rotatable bonds is 1. The van der Waals surface area contributed by atoms with E-state index in [-0.39, 0.29) is 11.7 Å². The zero-order chi connectivity index (χ0) is 17.3. The molecule has 1 aromatic carbocycles. The van der Waals surface area contributed by atoms with Gasteiger partial charge in [-0.15, -0.1) is 0 Å². The van der Waals surface area contributed by atoms with Gasteiger partial charge >= 0.3 is 12.2 Å². The molecule has 0 saturated heterocycles. The van der Waals surface area contributed by atoms with Crippen LogP contribution >= 0.6 is 11.6 Å². The number of pyridine rings is 1. The van der Waals surface area contributed by atoms with Crippen molar-refractivity contribution in [1.82, 2.24) is 9.88 Å². The Morgan fingerprint density at radius 2 is 2.08 bits per heavy atom. The lowest BCUT2D eigenvalue weighted by atomic mass is 10.1. The van der Waals surface area contributed by atoms with Crippen molar-refractivity contribution < 1.29 is 18.0 Å². The first kappa shape index (κ1) is 16.6. The molecule has 0 saturated carbocycles. The van der Waals surface area contributed by atoms with E-state index in [0.29, 0.717) is 19.5 Å². The number of hydrogen-bond acceptors (Lipinski definition) is 2. The van der Waals surface area contributed by atoms with E-state index in [1.54, 1.807) is 17.2 Å². The summed E-state index contributed by atoms with van der Waals surface area (Å²) in [6.45, 7) is 0.896. The molecule has 3 rings (SSSR count). The lowest BCUT2D eigenvalue weighted by Crippen LogP contribution is -2.39. The second-order valence-electron chi connectivity index (χ2n) is 5.40. The maximum atomic E-state index is 12.7. The third kappa shape index (κ3) is 3.46. The van der Waals surface area contributed by atoms with Gasteiger partial charge in [0.15, 0.2) is 0 Å². The van der Waals surface area contributed by atoms with Crippen LogP contribution in [0.5, 0.6) is 0 Å². The van der Waals surface area contributed by atoms with Crippen LogP contribution in [0.3, 0.4) is 0 Å². The number of urea groups is 1. The van der Waals surface area contributed by atoms with E-state index in [4.69, 9.17) is 11.6 Å². The van der Waals surface area contributed by atoms with Gasteiger partial charge in [-0.2, -0.15) is 13.2 Å². The van der Waals surface area contributed by atoms with Crippen LogP contribution in [0.4, 0.5) is 23.7 Å². The number of benzene rings is 1. The molecule has 0 fully saturated rings. The van der Waals surface area contributed by atoms with Crippen molar-refractivity contribution in [1.29, 1.82) is 0 Å². The number of aromatic nitrogens is 1. The largest absolute Gasteiger partial charge is 0.417 e. The molecule has 1 aliphatic rings. The molecule has 0 bridgehead atoms. The first-order valence-corrected chi connectivity index (χ1v) is 7.58. The molecular formula is C16H13ClF3N3O. The topological polar surface area (TPSA) is 45.2 Å². The van der Waals surface area contributed by atoms with E-state index in [2.05, 4.69) is 10.3 Å². The van der Waals surface area contributed by atoms with Crippen molar-refractivity contribution in [3.8, 4) is 0 Å². The van der Waals surface area contributed by atoms with Crippen LogP contribution in [0, 0.1) is 0 Å². The lowest BCUT2D eigenvalue weighted by Gasteiger charge is -2.28. The maximum Gasteiger partial charge on any atom is 0.417 e. The number of carbonyl (C=O) groups is 1. The molecule has 8 heteroatoms. The first-order chi connectivity index (χ1) is 11.3. The molecule has 126 valence electrons. The molecule has 0 aliphatic carbocycles. The molecule has 2 heterocycles. The summed E-state index contributed by atoms with van der Waals surface area (Å²) in [5.41, 5.74) is 1.21. The number of hydrogen-bond donors (Lipinski definition) is 1. The fourth-order valence-corrected chi connectivity index (χ4v) is 2.85. The normalized spacial score (nSPS) is 14.2. The minimum atomic E-state index is -4.52. The second-order valence-corrected chi connectivity index (χ2v) is 5.81. The summed E-state index contributed by atoms with van der Waals surface area (Å²) in [5, 5.41) is 2.13. The molecule has 1 N–H and O–H groups in total. The predicted octanol–water partition coefficient (Wildman–Crippen LogP) is 4.34. The van der Waals surface area contributed by atoms with Gasteiger partial charge in [-0.1, -0.05) is 17.7 Å². The van der Waals surface area contributed by atoms with Crippen LogP contribution in [0.2, 0.25) is 5.02 Å². The standard InChI is InChI=1S/C16H13ClF3N3O/c17-13-8-11(3-4-12(13)16(18,19)20)22-15(24)23-7-5-14-10(9-23)2-1-6-21-14/h1-4,6,8H,5,7,9H2,(H,22,24). The Labute approximate surface area is 141 Å². The Morgan fingerprint density at radius 3 is 2.79 bits per heavy atom. The number of halogens is 4. The minimum absolute atomic E-state index is 0.218. The summed E-state index contributed by atoms with van der Waals surface area (Å²) < 4.78 is 38.1. The second kappa shape index (κ2) is 6.32. The SMILES string of the molecule is O=C(Nc1ccc(C(F)(F)F)c(Cl)c1)N1CCc2ncccc2C1. The summed E-state index contributed by atoms with van der Waals surface area (Å²) in [6.07, 6.45) is -2.18. The average molecular weight is 356 g/mol. The van der Waals surface area contributed by atoms with Crippen LogP contribution in [0.15, 0.2) is 36.5 Å². The summed E-state index contributed by atoms with van der Waals surface area (Å²) in [7, 11) is 0. The Bertz CT molecular complexity index is 779. The number of nitrogens with zero attached hydrogens (tertiary/aromatic N) is 2. The van der Waals surface area contributed by atoms with E-state index in [0.717, 1.165) is 23.4 Å². The minimum Gasteiger partial charge on any atom is -0.320 e. The maximum absolute atomic E-state index is 12.7. The van der Waals surface area contributed by atoms with Gasteiger partial charge in [-0.3, -0.25) is 4.98 Å². The third-order valence-corrected chi connectivity index (χ3v) is 4.09. The van der Waals surface area contributed by atoms with Crippen molar-refractivity contribution in [3.05, 3.63) is 58.4 Å². The van der Waals surface area contributed by atoms with Crippen molar-refractivity contribution >= 4 is 23.3 Å². The van der Waals surface area contributed by atoms with Gasteiger partial charge in [0.1, 0.15) is 0 Å². The molecule has 0 spiro atoms. The molecule has 0 unspecified atom stereocenters. The molecule has 0 radical (unpaired) electrons. The van der Waals surface area contributed by atoms with Crippen LogP contribution in [0.25, 0.3) is 0 Å². The van der Waals surface area contributed by atoms with Crippen LogP contribution in [-0.2, 0) is 19.1 Å². The highest BCUT2D eigenvalue weighted by Crippen LogP contribution is 2.35. The summed E-state index contributed by atoms with van der Waals surface area (Å²) in [5.74, 6) is 0. The van der Waals surface area contributed by atoms with Crippen molar-refractivity contribution in [2.75, 3.05) is 11.9 Å². The summed E-state index contributed by atoms with van der Waals surface area (Å²) in [4.78, 5) is 18.1. The zero-order valence-electron chi connectivity index (χ0n) is 12.4. The van der Waals surface area contributed by atoms with Gasteiger partial charge in [-0.05, 0) is 29.8 Å². The van der Waals surface area contributed by atoms with E-state index in [9.17, 15) is 18.0 Å². The molecule has 4 nitrogen and oxygen atoms in total. The molecule has 1 aliphatic heterocycles. The number of alkyl halides is 3. The third-order valence-electron chi connectivity index (χ3n) is 3.78. The van der Waals surface area contributed by atoms with Crippen molar-refractivity contribution in [2.45, 2.75) is 19.1 Å². The molecular weight excluding hydrogens is 343 g/mol.